The van der Waals surface area contributed by atoms with E-state index in [1.165, 1.54) is 18.2 Å². The molecule has 102 valence electrons. The van der Waals surface area contributed by atoms with Crippen LogP contribution in [0.3, 0.4) is 0 Å². The molecule has 0 unspecified atom stereocenters. The number of fused-ring (bicyclic) bond motifs is 2. The fraction of sp³-hybridized carbons (Fsp3) is 0. The Balaban J connectivity index is 0.000000328. The van der Waals surface area contributed by atoms with Gasteiger partial charge in [0.1, 0.15) is 17.0 Å². The van der Waals surface area contributed by atoms with Crippen LogP contribution in [0.5, 0.6) is 5.75 Å². The minimum absolute atomic E-state index is 0.107. The standard InChI is InChI=1S/C12H7NO3.HO3P/c14-7-1-3-9-11(5-7)16-12-6-8(15)2-4-10(12)13-9;1-4(2)3/h1-6,14H;(H-,1,2,3)/p+1. The van der Waals surface area contributed by atoms with Crippen LogP contribution < -0.4 is 5.43 Å². The molecule has 3 rings (SSSR count). The Morgan fingerprint density at radius 1 is 1.10 bits per heavy atom. The van der Waals surface area contributed by atoms with Crippen molar-refractivity contribution in [2.24, 2.45) is 0 Å². The summed E-state index contributed by atoms with van der Waals surface area (Å²) in [6.07, 6.45) is 0. The summed E-state index contributed by atoms with van der Waals surface area (Å²) in [7, 11) is -2.87. The van der Waals surface area contributed by atoms with E-state index in [4.69, 9.17) is 18.8 Å². The van der Waals surface area contributed by atoms with Gasteiger partial charge < -0.3 is 9.52 Å². The minimum atomic E-state index is -2.87. The third kappa shape index (κ3) is 3.36. The molecular formula is C12H9NO6P+. The Labute approximate surface area is 113 Å². The van der Waals surface area contributed by atoms with Gasteiger partial charge in [0.05, 0.1) is 0 Å². The normalized spacial score (nSPS) is 10.1. The predicted molar refractivity (Wildman–Crippen MR) is 70.6 cm³/mol. The molecule has 8 heteroatoms. The van der Waals surface area contributed by atoms with Crippen LogP contribution in [0, 0.1) is 0 Å². The molecule has 0 aromatic heterocycles. The van der Waals surface area contributed by atoms with Crippen LogP contribution >= 0.6 is 8.25 Å². The van der Waals surface area contributed by atoms with Crippen molar-refractivity contribution in [2.45, 2.75) is 0 Å². The molecule has 1 aromatic rings. The quantitative estimate of drug-likeness (QED) is 0.425. The maximum Gasteiger partial charge on any atom is 0.692 e. The number of phenolic OH excluding ortho intramolecular Hbond substituents is 1. The van der Waals surface area contributed by atoms with E-state index in [9.17, 15) is 9.90 Å². The Morgan fingerprint density at radius 3 is 2.50 bits per heavy atom. The molecule has 1 aliphatic carbocycles. The largest absolute Gasteiger partial charge is 0.692 e. The summed E-state index contributed by atoms with van der Waals surface area (Å²) in [4.78, 5) is 29.7. The molecule has 1 aliphatic heterocycles. The van der Waals surface area contributed by atoms with Gasteiger partial charge in [-0.25, -0.2) is 4.98 Å². The lowest BCUT2D eigenvalue weighted by Crippen LogP contribution is -1.99. The highest BCUT2D eigenvalue weighted by atomic mass is 31.1. The van der Waals surface area contributed by atoms with Crippen molar-refractivity contribution in [3.8, 4) is 17.2 Å². The van der Waals surface area contributed by atoms with Gasteiger partial charge in [-0.15, -0.1) is 9.79 Å². The number of rotatable bonds is 0. The zero-order valence-electron chi connectivity index (χ0n) is 9.92. The van der Waals surface area contributed by atoms with Gasteiger partial charge in [0.15, 0.2) is 16.8 Å². The number of nitrogens with zero attached hydrogens (tertiary/aromatic N) is 1. The van der Waals surface area contributed by atoms with Gasteiger partial charge in [0.25, 0.3) is 0 Å². The smallest absolute Gasteiger partial charge is 0.508 e. The molecule has 0 bridgehead atoms. The van der Waals surface area contributed by atoms with E-state index in [0.29, 0.717) is 22.6 Å². The lowest BCUT2D eigenvalue weighted by molar-refractivity contribution is 0.405. The molecule has 0 fully saturated rings. The number of aromatic nitrogens is 1. The van der Waals surface area contributed by atoms with Gasteiger partial charge in [-0.3, -0.25) is 4.79 Å². The molecule has 0 atom stereocenters. The monoisotopic (exact) mass is 294 g/mol. The van der Waals surface area contributed by atoms with Crippen LogP contribution in [-0.2, 0) is 4.57 Å². The third-order valence-corrected chi connectivity index (χ3v) is 2.34. The second kappa shape index (κ2) is 5.75. The van der Waals surface area contributed by atoms with Gasteiger partial charge in [0.2, 0.25) is 0 Å². The molecule has 0 radical (unpaired) electrons. The van der Waals surface area contributed by atoms with E-state index in [0.717, 1.165) is 0 Å². The molecule has 0 saturated carbocycles. The summed E-state index contributed by atoms with van der Waals surface area (Å²) in [5.74, 6) is 0.529. The van der Waals surface area contributed by atoms with E-state index in [1.54, 1.807) is 18.2 Å². The lowest BCUT2D eigenvalue weighted by atomic mass is 10.2. The van der Waals surface area contributed by atoms with Crippen LogP contribution in [0.25, 0.3) is 22.6 Å². The second-order valence-electron chi connectivity index (χ2n) is 3.75. The third-order valence-electron chi connectivity index (χ3n) is 2.34. The number of benzene rings is 2. The van der Waals surface area contributed by atoms with Crippen molar-refractivity contribution in [3.05, 3.63) is 46.6 Å². The number of phenols is 1. The van der Waals surface area contributed by atoms with Crippen molar-refractivity contribution < 1.29 is 23.9 Å². The predicted octanol–water partition coefficient (Wildman–Crippen LogP) is 1.63. The molecule has 0 saturated heterocycles. The van der Waals surface area contributed by atoms with Gasteiger partial charge in [-0.05, 0) is 24.3 Å². The first kappa shape index (κ1) is 14.1. The average Bonchev–Trinajstić information content (AvgIpc) is 2.35. The van der Waals surface area contributed by atoms with Gasteiger partial charge in [-0.1, -0.05) is 0 Å². The number of aromatic hydroxyl groups is 1. The SMILES string of the molecule is O=[P+](O)O.O=c1ccc2nc3ccc(O)cc3oc-2c1. The summed E-state index contributed by atoms with van der Waals surface area (Å²) in [6.45, 7) is 0. The first-order valence-corrected chi connectivity index (χ1v) is 6.51. The van der Waals surface area contributed by atoms with Crippen LogP contribution in [0.1, 0.15) is 0 Å². The zero-order valence-corrected chi connectivity index (χ0v) is 10.8. The molecule has 20 heavy (non-hydrogen) atoms. The Kier molecular flexibility index (Phi) is 4.05. The first-order chi connectivity index (χ1) is 9.45. The summed E-state index contributed by atoms with van der Waals surface area (Å²) >= 11 is 0. The molecule has 7 nitrogen and oxygen atoms in total. The van der Waals surface area contributed by atoms with Crippen LogP contribution in [-0.4, -0.2) is 19.9 Å². The Hall–Kier alpha value is -2.34. The van der Waals surface area contributed by atoms with Crippen molar-refractivity contribution in [1.82, 2.24) is 4.98 Å². The van der Waals surface area contributed by atoms with E-state index in [-0.39, 0.29) is 11.2 Å². The Bertz CT molecular complexity index is 795. The summed E-state index contributed by atoms with van der Waals surface area (Å²) in [5, 5.41) is 9.31. The maximum absolute atomic E-state index is 11.1. The Morgan fingerprint density at radius 2 is 1.80 bits per heavy atom. The van der Waals surface area contributed by atoms with Gasteiger partial charge >= 0.3 is 8.25 Å². The highest BCUT2D eigenvalue weighted by Gasteiger charge is 2.09. The molecule has 2 aliphatic rings. The van der Waals surface area contributed by atoms with Crippen molar-refractivity contribution in [2.75, 3.05) is 0 Å². The molecule has 3 N–H and O–H groups in total. The number of hydrogen-bond acceptors (Lipinski definition) is 5. The second-order valence-corrected chi connectivity index (χ2v) is 4.25. The zero-order chi connectivity index (χ0) is 14.7. The first-order valence-electron chi connectivity index (χ1n) is 5.34. The van der Waals surface area contributed by atoms with Crippen molar-refractivity contribution in [3.63, 3.8) is 0 Å². The van der Waals surface area contributed by atoms with Crippen LogP contribution in [0.2, 0.25) is 0 Å². The van der Waals surface area contributed by atoms with Crippen molar-refractivity contribution in [1.29, 1.82) is 0 Å². The average molecular weight is 294 g/mol. The molecular weight excluding hydrogens is 285 g/mol. The number of hydrogen-bond donors (Lipinski definition) is 3. The molecule has 0 amide bonds. The van der Waals surface area contributed by atoms with E-state index >= 15 is 0 Å². The molecule has 0 spiro atoms. The lowest BCUT2D eigenvalue weighted by Gasteiger charge is -2.05. The fourth-order valence-corrected chi connectivity index (χ4v) is 1.59. The van der Waals surface area contributed by atoms with Crippen molar-refractivity contribution >= 4 is 19.4 Å². The van der Waals surface area contributed by atoms with Crippen LogP contribution in [0.15, 0.2) is 45.6 Å². The topological polar surface area (TPSA) is 121 Å². The minimum Gasteiger partial charge on any atom is -0.508 e. The van der Waals surface area contributed by atoms with Gasteiger partial charge in [0, 0.05) is 16.7 Å². The van der Waals surface area contributed by atoms with E-state index in [2.05, 4.69) is 4.98 Å². The highest BCUT2D eigenvalue weighted by Crippen LogP contribution is 2.25. The molecule has 1 aromatic carbocycles. The summed E-state index contributed by atoms with van der Waals surface area (Å²) < 4.78 is 14.2. The van der Waals surface area contributed by atoms with Gasteiger partial charge in [-0.2, -0.15) is 0 Å². The van der Waals surface area contributed by atoms with Crippen LogP contribution in [0.4, 0.5) is 0 Å². The maximum atomic E-state index is 11.1. The summed E-state index contributed by atoms with van der Waals surface area (Å²) in [5.41, 5.74) is 1.59. The molecule has 1 heterocycles. The van der Waals surface area contributed by atoms with E-state index in [1.807, 2.05) is 0 Å². The summed E-state index contributed by atoms with van der Waals surface area (Å²) in [6, 6.07) is 9.12. The fourth-order valence-electron chi connectivity index (χ4n) is 1.59. The van der Waals surface area contributed by atoms with E-state index < -0.39 is 8.25 Å². The highest BCUT2D eigenvalue weighted by molar-refractivity contribution is 7.30.